The van der Waals surface area contributed by atoms with Gasteiger partial charge in [-0.2, -0.15) is 0 Å². The van der Waals surface area contributed by atoms with Gasteiger partial charge in [-0.3, -0.25) is 0 Å². The van der Waals surface area contributed by atoms with Crippen LogP contribution in [0.15, 0.2) is 72.7 Å². The molecule has 1 aliphatic heterocycles. The highest BCUT2D eigenvalue weighted by molar-refractivity contribution is 6.32. The Morgan fingerprint density at radius 1 is 1.00 bits per heavy atom. The highest BCUT2D eigenvalue weighted by Gasteiger charge is 2.31. The van der Waals surface area contributed by atoms with Gasteiger partial charge >= 0.3 is 0 Å². The highest BCUT2D eigenvalue weighted by Crippen LogP contribution is 2.42. The van der Waals surface area contributed by atoms with Gasteiger partial charge in [0, 0.05) is 5.57 Å². The normalized spacial score (nSPS) is 14.9. The third kappa shape index (κ3) is 3.40. The molecule has 0 atom stereocenters. The van der Waals surface area contributed by atoms with Gasteiger partial charge in [0.05, 0.1) is 28.5 Å². The lowest BCUT2D eigenvalue weighted by Gasteiger charge is -2.34. The Morgan fingerprint density at radius 2 is 1.69 bits per heavy atom. The first-order valence-corrected chi connectivity index (χ1v) is 8.14. The molecule has 1 aliphatic rings. The van der Waals surface area contributed by atoms with Gasteiger partial charge in [0.25, 0.3) is 6.43 Å². The number of benzene rings is 2. The zero-order valence-corrected chi connectivity index (χ0v) is 14.3. The van der Waals surface area contributed by atoms with E-state index in [1.165, 1.54) is 18.2 Å². The van der Waals surface area contributed by atoms with Gasteiger partial charge in [0.15, 0.2) is 0 Å². The van der Waals surface area contributed by atoms with Crippen molar-refractivity contribution < 1.29 is 17.6 Å². The molecule has 0 unspecified atom stereocenters. The van der Waals surface area contributed by atoms with Crippen LogP contribution in [0.4, 0.5) is 17.6 Å². The molecule has 0 aliphatic carbocycles. The van der Waals surface area contributed by atoms with E-state index >= 15 is 0 Å². The third-order valence-electron chi connectivity index (χ3n) is 4.00. The summed E-state index contributed by atoms with van der Waals surface area (Å²) in [5, 5.41) is 0.0382. The zero-order chi connectivity index (χ0) is 18.8. The van der Waals surface area contributed by atoms with E-state index in [1.807, 2.05) is 0 Å². The van der Waals surface area contributed by atoms with Gasteiger partial charge in [-0.1, -0.05) is 54.6 Å². The molecule has 26 heavy (non-hydrogen) atoms. The van der Waals surface area contributed by atoms with Gasteiger partial charge in [-0.25, -0.2) is 17.6 Å². The van der Waals surface area contributed by atoms with Gasteiger partial charge in [-0.05, 0) is 23.8 Å². The Labute approximate surface area is 153 Å². The van der Waals surface area contributed by atoms with Crippen LogP contribution in [0.1, 0.15) is 11.1 Å². The number of rotatable bonds is 4. The van der Waals surface area contributed by atoms with Crippen LogP contribution in [0.5, 0.6) is 0 Å². The topological polar surface area (TPSA) is 3.24 Å². The van der Waals surface area contributed by atoms with Crippen molar-refractivity contribution in [3.05, 3.63) is 94.7 Å². The average Bonchev–Trinajstić information content (AvgIpc) is 2.60. The molecule has 0 aromatic heterocycles. The molecule has 1 heterocycles. The maximum atomic E-state index is 14.6. The quantitative estimate of drug-likeness (QED) is 0.564. The second-order valence-electron chi connectivity index (χ2n) is 5.67. The van der Waals surface area contributed by atoms with Crippen LogP contribution in [0, 0.1) is 5.82 Å². The molecule has 6 heteroatoms. The lowest BCUT2D eigenvalue weighted by atomic mass is 9.94. The summed E-state index contributed by atoms with van der Waals surface area (Å²) in [5.41, 5.74) is 0.524. The first kappa shape index (κ1) is 18.3. The first-order chi connectivity index (χ1) is 12.4. The molecular weight excluding hydrogens is 366 g/mol. The molecule has 0 saturated carbocycles. The van der Waals surface area contributed by atoms with Gasteiger partial charge < -0.3 is 4.90 Å². The van der Waals surface area contributed by atoms with E-state index in [2.05, 4.69) is 6.58 Å². The van der Waals surface area contributed by atoms with E-state index in [0.717, 1.165) is 11.0 Å². The fourth-order valence-corrected chi connectivity index (χ4v) is 3.11. The molecule has 0 N–H and O–H groups in total. The largest absolute Gasteiger partial charge is 0.333 e. The fourth-order valence-electron chi connectivity index (χ4n) is 2.86. The summed E-state index contributed by atoms with van der Waals surface area (Å²) in [6.45, 7) is 2.71. The van der Waals surface area contributed by atoms with E-state index < -0.39 is 24.6 Å². The molecule has 0 spiro atoms. The van der Waals surface area contributed by atoms with Crippen LogP contribution in [-0.4, -0.2) is 17.9 Å². The van der Waals surface area contributed by atoms with Gasteiger partial charge in [0.2, 0.25) is 0 Å². The summed E-state index contributed by atoms with van der Waals surface area (Å²) in [5.74, 6) is -1.45. The van der Waals surface area contributed by atoms with Crippen molar-refractivity contribution in [2.24, 2.45) is 0 Å². The van der Waals surface area contributed by atoms with E-state index in [9.17, 15) is 17.6 Å². The maximum absolute atomic E-state index is 14.6. The molecular formula is C20H14ClF4N. The van der Waals surface area contributed by atoms with Crippen molar-refractivity contribution in [2.45, 2.75) is 6.43 Å². The number of hydrogen-bond acceptors (Lipinski definition) is 1. The molecule has 2 aromatic rings. The minimum Gasteiger partial charge on any atom is -0.333 e. The highest BCUT2D eigenvalue weighted by atomic mass is 35.5. The zero-order valence-electron chi connectivity index (χ0n) is 13.5. The summed E-state index contributed by atoms with van der Waals surface area (Å²) in [6.07, 6.45) is -1.62. The van der Waals surface area contributed by atoms with Crippen molar-refractivity contribution in [3.63, 3.8) is 0 Å². The number of nitrogens with zero attached hydrogens (tertiary/aromatic N) is 1. The smallest absolute Gasteiger partial charge is 0.256 e. The minimum absolute atomic E-state index is 0.0382. The molecule has 2 aromatic carbocycles. The Morgan fingerprint density at radius 3 is 2.31 bits per heavy atom. The van der Waals surface area contributed by atoms with E-state index in [4.69, 9.17) is 11.6 Å². The predicted octanol–water partition coefficient (Wildman–Crippen LogP) is 6.30. The number of alkyl halides is 2. The summed E-state index contributed by atoms with van der Waals surface area (Å²) >= 11 is 6.17. The summed E-state index contributed by atoms with van der Waals surface area (Å²) in [4.78, 5) is 0.979. The molecule has 134 valence electrons. The van der Waals surface area contributed by atoms with Crippen LogP contribution < -0.4 is 0 Å². The second kappa shape index (κ2) is 7.38. The Kier molecular flexibility index (Phi) is 5.18. The monoisotopic (exact) mass is 379 g/mol. The maximum Gasteiger partial charge on any atom is 0.256 e. The van der Waals surface area contributed by atoms with Gasteiger partial charge in [-0.15, -0.1) is 0 Å². The van der Waals surface area contributed by atoms with Crippen LogP contribution in [0.2, 0.25) is 5.02 Å². The van der Waals surface area contributed by atoms with Crippen LogP contribution in [0.3, 0.4) is 0 Å². The van der Waals surface area contributed by atoms with E-state index in [0.29, 0.717) is 5.56 Å². The van der Waals surface area contributed by atoms with Crippen molar-refractivity contribution in [1.29, 1.82) is 0 Å². The van der Waals surface area contributed by atoms with Crippen molar-refractivity contribution in [3.8, 4) is 0 Å². The van der Waals surface area contributed by atoms with Crippen molar-refractivity contribution in [2.75, 3.05) is 6.54 Å². The molecule has 0 bridgehead atoms. The second-order valence-corrected chi connectivity index (χ2v) is 6.07. The first-order valence-electron chi connectivity index (χ1n) is 7.76. The SMILES string of the molecule is C=C1C(F)=CC(c2ccccc2)=C(c2c(F)cccc2Cl)N1CC(F)F. The van der Waals surface area contributed by atoms with Crippen LogP contribution in [0.25, 0.3) is 11.3 Å². The predicted molar refractivity (Wildman–Crippen MR) is 95.7 cm³/mol. The lowest BCUT2D eigenvalue weighted by Crippen LogP contribution is -2.30. The van der Waals surface area contributed by atoms with E-state index in [-0.39, 0.29) is 27.6 Å². The standard InChI is InChI=1S/C20H14ClF4N/c1-12-17(23)10-14(13-6-3-2-4-7-13)20(26(12)11-18(24)25)19-15(21)8-5-9-16(19)22/h2-10,18H,1,11H2. The molecule has 3 rings (SSSR count). The van der Waals surface area contributed by atoms with E-state index in [1.54, 1.807) is 30.3 Å². The molecule has 0 radical (unpaired) electrons. The fraction of sp³-hybridized carbons (Fsp3) is 0.100. The van der Waals surface area contributed by atoms with Crippen LogP contribution >= 0.6 is 11.6 Å². The minimum atomic E-state index is -2.78. The summed E-state index contributed by atoms with van der Waals surface area (Å²) in [7, 11) is 0. The van der Waals surface area contributed by atoms with Crippen LogP contribution in [-0.2, 0) is 0 Å². The Balaban J connectivity index is 2.35. The Hall–Kier alpha value is -2.53. The molecule has 1 nitrogen and oxygen atoms in total. The summed E-state index contributed by atoms with van der Waals surface area (Å²) in [6, 6.07) is 12.6. The average molecular weight is 380 g/mol. The number of allylic oxidation sites excluding steroid dienone is 3. The van der Waals surface area contributed by atoms with Crippen molar-refractivity contribution >= 4 is 22.9 Å². The lowest BCUT2D eigenvalue weighted by molar-refractivity contribution is 0.122. The number of hydrogen-bond donors (Lipinski definition) is 0. The molecule has 0 amide bonds. The molecule has 0 fully saturated rings. The summed E-state index contributed by atoms with van der Waals surface area (Å²) < 4.78 is 55.3. The Bertz CT molecular complexity index is 883. The van der Waals surface area contributed by atoms with Crippen molar-refractivity contribution in [1.82, 2.24) is 4.90 Å². The number of halogens is 5. The molecule has 0 saturated heterocycles. The van der Waals surface area contributed by atoms with Gasteiger partial charge in [0.1, 0.15) is 11.6 Å². The third-order valence-corrected chi connectivity index (χ3v) is 4.32.